The minimum absolute atomic E-state index is 0.0370. The van der Waals surface area contributed by atoms with Gasteiger partial charge in [0, 0.05) is 11.6 Å². The van der Waals surface area contributed by atoms with Crippen LogP contribution < -0.4 is 5.73 Å². The summed E-state index contributed by atoms with van der Waals surface area (Å²) in [5.74, 6) is -0.0370. The van der Waals surface area contributed by atoms with E-state index >= 15 is 0 Å². The van der Waals surface area contributed by atoms with Crippen molar-refractivity contribution in [1.29, 1.82) is 5.41 Å². The van der Waals surface area contributed by atoms with Crippen LogP contribution in [0.4, 0.5) is 0 Å². The summed E-state index contributed by atoms with van der Waals surface area (Å²) in [7, 11) is 0. The molecule has 3 N–H and O–H groups in total. The molecule has 0 rings (SSSR count). The molecular weight excluding hydrogens is 120 g/mol. The Morgan fingerprint density at radius 3 is 2.12 bits per heavy atom. The van der Waals surface area contributed by atoms with Crippen LogP contribution in [-0.2, 0) is 0 Å². The highest BCUT2D eigenvalue weighted by molar-refractivity contribution is 7.80. The first-order valence-corrected chi connectivity index (χ1v) is 2.81. The Morgan fingerprint density at radius 1 is 1.75 bits per heavy atom. The van der Waals surface area contributed by atoms with E-state index in [1.165, 1.54) is 0 Å². The average Bonchev–Trinajstić information content (AvgIpc) is 1.64. The standard InChI is InChI=1S/C5H10N2S/c1-3(4(2)6)5(7)8/h3,6H,1-2H3,(H2,7,8). The molecule has 0 aliphatic heterocycles. The van der Waals surface area contributed by atoms with Crippen LogP contribution in [0.3, 0.4) is 0 Å². The number of hydrogen-bond acceptors (Lipinski definition) is 2. The molecule has 0 aliphatic carbocycles. The second-order valence-electron chi connectivity index (χ2n) is 1.81. The molecule has 2 nitrogen and oxygen atoms in total. The van der Waals surface area contributed by atoms with Gasteiger partial charge in [-0.05, 0) is 6.92 Å². The van der Waals surface area contributed by atoms with Crippen molar-refractivity contribution in [2.75, 3.05) is 0 Å². The van der Waals surface area contributed by atoms with E-state index in [9.17, 15) is 0 Å². The van der Waals surface area contributed by atoms with Crippen LogP contribution in [0.15, 0.2) is 0 Å². The maximum atomic E-state index is 7.06. The SMILES string of the molecule is CC(=N)C(C)C(N)=S. The lowest BCUT2D eigenvalue weighted by atomic mass is 10.1. The predicted molar refractivity (Wildman–Crippen MR) is 39.4 cm³/mol. The Morgan fingerprint density at radius 2 is 2.12 bits per heavy atom. The lowest BCUT2D eigenvalue weighted by Gasteiger charge is -2.04. The minimum Gasteiger partial charge on any atom is -0.393 e. The normalized spacial score (nSPS) is 12.8. The fraction of sp³-hybridized carbons (Fsp3) is 0.600. The van der Waals surface area contributed by atoms with Crippen molar-refractivity contribution in [2.45, 2.75) is 13.8 Å². The Bertz CT molecular complexity index is 106. The minimum atomic E-state index is -0.0370. The lowest BCUT2D eigenvalue weighted by molar-refractivity contribution is 1.04. The van der Waals surface area contributed by atoms with Gasteiger partial charge >= 0.3 is 0 Å². The molecule has 0 aliphatic rings. The number of nitrogens with one attached hydrogen (secondary N) is 1. The van der Waals surface area contributed by atoms with Gasteiger partial charge in [0.25, 0.3) is 0 Å². The molecule has 1 unspecified atom stereocenters. The van der Waals surface area contributed by atoms with E-state index in [1.54, 1.807) is 6.92 Å². The summed E-state index contributed by atoms with van der Waals surface area (Å²) in [6.07, 6.45) is 0. The van der Waals surface area contributed by atoms with Gasteiger partial charge in [0.15, 0.2) is 0 Å². The molecule has 0 fully saturated rings. The molecule has 0 saturated carbocycles. The van der Waals surface area contributed by atoms with Crippen LogP contribution in [0.2, 0.25) is 0 Å². The number of thiocarbonyl (C=S) groups is 1. The van der Waals surface area contributed by atoms with Crippen molar-refractivity contribution in [3.05, 3.63) is 0 Å². The van der Waals surface area contributed by atoms with Crippen molar-refractivity contribution in [3.8, 4) is 0 Å². The summed E-state index contributed by atoms with van der Waals surface area (Å²) in [6.45, 7) is 3.52. The second kappa shape index (κ2) is 2.77. The summed E-state index contributed by atoms with van der Waals surface area (Å²) >= 11 is 4.63. The van der Waals surface area contributed by atoms with Gasteiger partial charge in [0.1, 0.15) is 0 Å². The molecule has 0 bridgehead atoms. The molecule has 0 heterocycles. The smallest absolute Gasteiger partial charge is 0.0812 e. The lowest BCUT2D eigenvalue weighted by Crippen LogP contribution is -2.23. The van der Waals surface area contributed by atoms with Gasteiger partial charge in [-0.2, -0.15) is 0 Å². The van der Waals surface area contributed by atoms with Crippen molar-refractivity contribution >= 4 is 22.9 Å². The Kier molecular flexibility index (Phi) is 2.62. The van der Waals surface area contributed by atoms with E-state index in [-0.39, 0.29) is 5.92 Å². The molecule has 0 radical (unpaired) electrons. The van der Waals surface area contributed by atoms with Crippen LogP contribution in [0.25, 0.3) is 0 Å². The first-order chi connectivity index (χ1) is 3.55. The molecular formula is C5H10N2S. The van der Waals surface area contributed by atoms with E-state index in [4.69, 9.17) is 11.1 Å². The van der Waals surface area contributed by atoms with Crippen LogP contribution in [0.1, 0.15) is 13.8 Å². The van der Waals surface area contributed by atoms with Gasteiger partial charge in [0.05, 0.1) is 4.99 Å². The summed E-state index contributed by atoms with van der Waals surface area (Å²) in [5, 5.41) is 7.06. The zero-order valence-corrected chi connectivity index (χ0v) is 5.88. The highest BCUT2D eigenvalue weighted by Gasteiger charge is 2.04. The van der Waals surface area contributed by atoms with Crippen LogP contribution in [0.5, 0.6) is 0 Å². The first-order valence-electron chi connectivity index (χ1n) is 2.40. The van der Waals surface area contributed by atoms with E-state index in [0.717, 1.165) is 0 Å². The number of hydrogen-bond donors (Lipinski definition) is 2. The van der Waals surface area contributed by atoms with Gasteiger partial charge in [-0.3, -0.25) is 0 Å². The number of rotatable bonds is 2. The number of nitrogens with two attached hydrogens (primary N) is 1. The van der Waals surface area contributed by atoms with E-state index in [1.807, 2.05) is 6.92 Å². The fourth-order valence-electron chi connectivity index (χ4n) is 0.213. The molecule has 8 heavy (non-hydrogen) atoms. The molecule has 0 saturated heterocycles. The Balaban J connectivity index is 3.83. The van der Waals surface area contributed by atoms with E-state index in [0.29, 0.717) is 10.7 Å². The molecule has 0 aromatic rings. The second-order valence-corrected chi connectivity index (χ2v) is 2.28. The third kappa shape index (κ3) is 2.02. The van der Waals surface area contributed by atoms with Crippen molar-refractivity contribution in [3.63, 3.8) is 0 Å². The average molecular weight is 130 g/mol. The van der Waals surface area contributed by atoms with Crippen LogP contribution >= 0.6 is 12.2 Å². The largest absolute Gasteiger partial charge is 0.393 e. The van der Waals surface area contributed by atoms with E-state index in [2.05, 4.69) is 12.2 Å². The first kappa shape index (κ1) is 7.56. The maximum absolute atomic E-state index is 7.06. The topological polar surface area (TPSA) is 49.9 Å². The molecule has 46 valence electrons. The van der Waals surface area contributed by atoms with Crippen LogP contribution in [0, 0.1) is 11.3 Å². The molecule has 0 spiro atoms. The zero-order chi connectivity index (χ0) is 6.73. The van der Waals surface area contributed by atoms with Gasteiger partial charge in [-0.1, -0.05) is 19.1 Å². The predicted octanol–water partition coefficient (Wildman–Crippen LogP) is 0.948. The molecule has 0 aromatic heterocycles. The summed E-state index contributed by atoms with van der Waals surface area (Å²) in [4.78, 5) is 0.400. The van der Waals surface area contributed by atoms with Gasteiger partial charge in [-0.15, -0.1) is 0 Å². The molecule has 0 amide bonds. The monoisotopic (exact) mass is 130 g/mol. The van der Waals surface area contributed by atoms with E-state index < -0.39 is 0 Å². The fourth-order valence-corrected chi connectivity index (χ4v) is 0.390. The molecule has 0 aromatic carbocycles. The third-order valence-corrected chi connectivity index (χ3v) is 1.43. The van der Waals surface area contributed by atoms with Crippen molar-refractivity contribution in [2.24, 2.45) is 11.7 Å². The quantitative estimate of drug-likeness (QED) is 0.432. The van der Waals surface area contributed by atoms with Crippen LogP contribution in [-0.4, -0.2) is 10.7 Å². The Labute approximate surface area is 54.6 Å². The summed E-state index contributed by atoms with van der Waals surface area (Å²) in [6, 6.07) is 0. The maximum Gasteiger partial charge on any atom is 0.0812 e. The Hall–Kier alpha value is -0.440. The highest BCUT2D eigenvalue weighted by Crippen LogP contribution is 1.95. The zero-order valence-electron chi connectivity index (χ0n) is 5.06. The van der Waals surface area contributed by atoms with Gasteiger partial charge in [0.2, 0.25) is 0 Å². The van der Waals surface area contributed by atoms with Gasteiger partial charge < -0.3 is 11.1 Å². The third-order valence-electron chi connectivity index (χ3n) is 1.08. The van der Waals surface area contributed by atoms with Crippen molar-refractivity contribution in [1.82, 2.24) is 0 Å². The van der Waals surface area contributed by atoms with Crippen molar-refractivity contribution < 1.29 is 0 Å². The molecule has 3 heteroatoms. The summed E-state index contributed by atoms with van der Waals surface area (Å²) < 4.78 is 0. The molecule has 1 atom stereocenters. The highest BCUT2D eigenvalue weighted by atomic mass is 32.1. The van der Waals surface area contributed by atoms with Gasteiger partial charge in [-0.25, -0.2) is 0 Å². The summed E-state index contributed by atoms with van der Waals surface area (Å²) in [5.41, 5.74) is 5.75.